The van der Waals surface area contributed by atoms with Gasteiger partial charge in [0.15, 0.2) is 5.82 Å². The maximum atomic E-state index is 12.7. The molecule has 9 nitrogen and oxygen atoms in total. The molecule has 9 heteroatoms. The van der Waals surface area contributed by atoms with Gasteiger partial charge in [-0.05, 0) is 60.9 Å². The number of amides is 1. The van der Waals surface area contributed by atoms with Crippen LogP contribution in [0.25, 0.3) is 0 Å². The van der Waals surface area contributed by atoms with Crippen molar-refractivity contribution in [2.24, 2.45) is 0 Å². The zero-order chi connectivity index (χ0) is 23.0. The van der Waals surface area contributed by atoms with Crippen molar-refractivity contribution in [2.45, 2.75) is 45.3 Å². The van der Waals surface area contributed by atoms with Crippen molar-refractivity contribution in [1.29, 1.82) is 0 Å². The van der Waals surface area contributed by atoms with E-state index in [1.807, 2.05) is 49.0 Å². The Hall–Kier alpha value is -3.33. The Bertz CT molecular complexity index is 1140. The summed E-state index contributed by atoms with van der Waals surface area (Å²) in [6.45, 7) is 8.72. The summed E-state index contributed by atoms with van der Waals surface area (Å²) < 4.78 is 7.11. The SMILES string of the molecule is COc1cc(C)c(C(NCC2c3ccccc3C(=O)N2C)c2nnnn2C(C)(C)C)cn1. The molecule has 3 heterocycles. The number of rotatable bonds is 6. The number of ether oxygens (including phenoxy) is 1. The van der Waals surface area contributed by atoms with Gasteiger partial charge < -0.3 is 15.0 Å². The van der Waals surface area contributed by atoms with Gasteiger partial charge >= 0.3 is 0 Å². The van der Waals surface area contributed by atoms with Gasteiger partial charge in [0.1, 0.15) is 0 Å². The zero-order valence-corrected chi connectivity index (χ0v) is 19.3. The average molecular weight is 436 g/mol. The number of hydrogen-bond acceptors (Lipinski definition) is 7. The molecule has 1 aliphatic heterocycles. The summed E-state index contributed by atoms with van der Waals surface area (Å²) in [4.78, 5) is 18.9. The molecule has 1 amide bonds. The van der Waals surface area contributed by atoms with E-state index in [0.717, 1.165) is 22.3 Å². The first-order valence-corrected chi connectivity index (χ1v) is 10.6. The molecule has 0 saturated heterocycles. The first-order chi connectivity index (χ1) is 15.2. The van der Waals surface area contributed by atoms with E-state index in [1.165, 1.54) is 0 Å². The summed E-state index contributed by atoms with van der Waals surface area (Å²) in [5.74, 6) is 1.27. The fourth-order valence-corrected chi connectivity index (χ4v) is 4.15. The van der Waals surface area contributed by atoms with Gasteiger partial charge in [-0.25, -0.2) is 9.67 Å². The molecular formula is C23H29N7O2. The Morgan fingerprint density at radius 3 is 2.69 bits per heavy atom. The van der Waals surface area contributed by atoms with E-state index < -0.39 is 0 Å². The molecule has 0 aliphatic carbocycles. The molecule has 2 unspecified atom stereocenters. The number of methoxy groups -OCH3 is 1. The fourth-order valence-electron chi connectivity index (χ4n) is 4.15. The van der Waals surface area contributed by atoms with E-state index in [4.69, 9.17) is 4.74 Å². The van der Waals surface area contributed by atoms with Crippen molar-refractivity contribution < 1.29 is 9.53 Å². The lowest BCUT2D eigenvalue weighted by Crippen LogP contribution is -2.37. The lowest BCUT2D eigenvalue weighted by Gasteiger charge is -2.28. The molecule has 4 rings (SSSR count). The maximum absolute atomic E-state index is 12.7. The first-order valence-electron chi connectivity index (χ1n) is 10.6. The monoisotopic (exact) mass is 435 g/mol. The normalized spacial score (nSPS) is 16.9. The second-order valence-corrected chi connectivity index (χ2v) is 9.06. The van der Waals surface area contributed by atoms with Gasteiger partial charge in [0.25, 0.3) is 5.91 Å². The van der Waals surface area contributed by atoms with Gasteiger partial charge in [0, 0.05) is 31.4 Å². The van der Waals surface area contributed by atoms with Gasteiger partial charge in [-0.15, -0.1) is 5.10 Å². The molecule has 1 aliphatic rings. The maximum Gasteiger partial charge on any atom is 0.254 e. The number of aromatic nitrogens is 5. The highest BCUT2D eigenvalue weighted by atomic mass is 16.5. The van der Waals surface area contributed by atoms with Crippen LogP contribution in [0.15, 0.2) is 36.5 Å². The third-order valence-electron chi connectivity index (χ3n) is 5.89. The van der Waals surface area contributed by atoms with Crippen molar-refractivity contribution in [3.8, 4) is 5.88 Å². The molecule has 0 radical (unpaired) electrons. The molecular weight excluding hydrogens is 406 g/mol. The van der Waals surface area contributed by atoms with Crippen LogP contribution >= 0.6 is 0 Å². The highest BCUT2D eigenvalue weighted by molar-refractivity contribution is 5.99. The van der Waals surface area contributed by atoms with Crippen LogP contribution in [0.1, 0.15) is 65.7 Å². The predicted octanol–water partition coefficient (Wildman–Crippen LogP) is 2.65. The second kappa shape index (κ2) is 8.31. The van der Waals surface area contributed by atoms with Crippen LogP contribution in [0.2, 0.25) is 0 Å². The number of pyridine rings is 1. The summed E-state index contributed by atoms with van der Waals surface area (Å²) in [6, 6.07) is 9.24. The molecule has 32 heavy (non-hydrogen) atoms. The van der Waals surface area contributed by atoms with Crippen LogP contribution in [0, 0.1) is 6.92 Å². The lowest BCUT2D eigenvalue weighted by atomic mass is 10.00. The number of carbonyl (C=O) groups excluding carboxylic acids is 1. The number of hydrogen-bond donors (Lipinski definition) is 1. The van der Waals surface area contributed by atoms with Crippen LogP contribution in [0.4, 0.5) is 0 Å². The number of aryl methyl sites for hydroxylation is 1. The van der Waals surface area contributed by atoms with Crippen LogP contribution in [0.5, 0.6) is 5.88 Å². The molecule has 2 aromatic heterocycles. The van der Waals surface area contributed by atoms with E-state index >= 15 is 0 Å². The van der Waals surface area contributed by atoms with Crippen molar-refractivity contribution >= 4 is 5.91 Å². The number of fused-ring (bicyclic) bond motifs is 1. The molecule has 0 saturated carbocycles. The predicted molar refractivity (Wildman–Crippen MR) is 119 cm³/mol. The topological polar surface area (TPSA) is 98.1 Å². The number of benzene rings is 1. The Morgan fingerprint density at radius 1 is 1.25 bits per heavy atom. The standard InChI is InChI=1S/C23H29N7O2/c1-14-11-19(32-6)24-12-17(14)20(21-26-27-28-30(21)23(2,3)4)25-13-18-15-9-7-8-10-16(15)22(31)29(18)5/h7-12,18,20,25H,13H2,1-6H3. The van der Waals surface area contributed by atoms with Gasteiger partial charge in [-0.1, -0.05) is 18.2 Å². The third-order valence-corrected chi connectivity index (χ3v) is 5.89. The molecule has 3 aromatic rings. The summed E-state index contributed by atoms with van der Waals surface area (Å²) in [7, 11) is 3.44. The van der Waals surface area contributed by atoms with Crippen LogP contribution < -0.4 is 10.1 Å². The summed E-state index contributed by atoms with van der Waals surface area (Å²) >= 11 is 0. The molecule has 2 atom stereocenters. The Morgan fingerprint density at radius 2 is 2.00 bits per heavy atom. The van der Waals surface area contributed by atoms with Crippen LogP contribution in [-0.4, -0.2) is 56.7 Å². The van der Waals surface area contributed by atoms with E-state index in [9.17, 15) is 4.79 Å². The minimum absolute atomic E-state index is 0.0331. The second-order valence-electron chi connectivity index (χ2n) is 9.06. The minimum Gasteiger partial charge on any atom is -0.481 e. The molecule has 1 aromatic carbocycles. The van der Waals surface area contributed by atoms with Gasteiger partial charge in [0.2, 0.25) is 5.88 Å². The fraction of sp³-hybridized carbons (Fsp3) is 0.435. The highest BCUT2D eigenvalue weighted by Gasteiger charge is 2.35. The summed E-state index contributed by atoms with van der Waals surface area (Å²) in [5.41, 5.74) is 3.42. The molecule has 168 valence electrons. The van der Waals surface area contributed by atoms with Gasteiger partial charge in [0.05, 0.1) is 24.7 Å². The highest BCUT2D eigenvalue weighted by Crippen LogP contribution is 2.33. The van der Waals surface area contributed by atoms with Crippen molar-refractivity contribution in [1.82, 2.24) is 35.4 Å². The minimum atomic E-state index is -0.320. The van der Waals surface area contributed by atoms with E-state index in [-0.39, 0.29) is 23.5 Å². The average Bonchev–Trinajstić information content (AvgIpc) is 3.34. The van der Waals surface area contributed by atoms with Crippen molar-refractivity contribution in [2.75, 3.05) is 20.7 Å². The molecule has 0 spiro atoms. The number of nitrogens with zero attached hydrogens (tertiary/aromatic N) is 6. The number of tetrazole rings is 1. The lowest BCUT2D eigenvalue weighted by molar-refractivity contribution is 0.0771. The summed E-state index contributed by atoms with van der Waals surface area (Å²) in [5, 5.41) is 16.2. The van der Waals surface area contributed by atoms with E-state index in [2.05, 4.69) is 46.6 Å². The van der Waals surface area contributed by atoms with Crippen LogP contribution in [0.3, 0.4) is 0 Å². The summed E-state index contributed by atoms with van der Waals surface area (Å²) in [6.07, 6.45) is 1.80. The Labute approximate surface area is 187 Å². The Kier molecular flexibility index (Phi) is 5.68. The first kappa shape index (κ1) is 21.9. The quantitative estimate of drug-likeness (QED) is 0.636. The zero-order valence-electron chi connectivity index (χ0n) is 19.3. The number of carbonyl (C=O) groups is 1. The van der Waals surface area contributed by atoms with E-state index in [1.54, 1.807) is 18.2 Å². The molecule has 1 N–H and O–H groups in total. The van der Waals surface area contributed by atoms with Gasteiger partial charge in [-0.2, -0.15) is 0 Å². The third kappa shape index (κ3) is 3.84. The molecule has 0 bridgehead atoms. The molecule has 0 fully saturated rings. The number of nitrogens with one attached hydrogen (secondary N) is 1. The van der Waals surface area contributed by atoms with Crippen LogP contribution in [-0.2, 0) is 5.54 Å². The number of likely N-dealkylation sites (N-methyl/N-ethyl adjacent to an activating group) is 1. The van der Waals surface area contributed by atoms with Crippen molar-refractivity contribution in [3.05, 3.63) is 64.6 Å². The smallest absolute Gasteiger partial charge is 0.254 e. The largest absolute Gasteiger partial charge is 0.481 e. The van der Waals surface area contributed by atoms with Gasteiger partial charge in [-0.3, -0.25) is 4.79 Å². The van der Waals surface area contributed by atoms with Crippen molar-refractivity contribution in [3.63, 3.8) is 0 Å². The van der Waals surface area contributed by atoms with E-state index in [0.29, 0.717) is 18.2 Å². The Balaban J connectivity index is 1.72.